The lowest BCUT2D eigenvalue weighted by Gasteiger charge is -2.26. The van der Waals surface area contributed by atoms with Gasteiger partial charge in [0.1, 0.15) is 0 Å². The molecular weight excluding hydrogens is 408 g/mol. The predicted molar refractivity (Wildman–Crippen MR) is 113 cm³/mol. The smallest absolute Gasteiger partial charge is 0.234 e. The maximum absolute atomic E-state index is 12.3. The van der Waals surface area contributed by atoms with Crippen LogP contribution in [-0.2, 0) is 22.6 Å². The summed E-state index contributed by atoms with van der Waals surface area (Å²) >= 11 is 2.98. The molecule has 2 aromatic heterocycles. The Balaban J connectivity index is 1.25. The lowest BCUT2D eigenvalue weighted by atomic mass is 10.2. The third kappa shape index (κ3) is 5.86. The van der Waals surface area contributed by atoms with Crippen LogP contribution in [0.3, 0.4) is 0 Å². The molecule has 3 heterocycles. The molecule has 10 heteroatoms. The van der Waals surface area contributed by atoms with Gasteiger partial charge in [0, 0.05) is 30.2 Å². The Kier molecular flexibility index (Phi) is 6.88. The molecule has 0 bridgehead atoms. The minimum absolute atomic E-state index is 0.0818. The van der Waals surface area contributed by atoms with Gasteiger partial charge in [-0.1, -0.05) is 30.0 Å². The van der Waals surface area contributed by atoms with Crippen LogP contribution in [0.1, 0.15) is 10.4 Å². The quantitative estimate of drug-likeness (QED) is 0.549. The molecule has 0 aliphatic carbocycles. The Hall–Kier alpha value is -2.27. The van der Waals surface area contributed by atoms with Crippen molar-refractivity contribution >= 4 is 34.7 Å². The zero-order valence-corrected chi connectivity index (χ0v) is 17.5. The van der Waals surface area contributed by atoms with Crippen molar-refractivity contribution in [3.8, 4) is 0 Å². The molecule has 1 aliphatic rings. The maximum Gasteiger partial charge on any atom is 0.234 e. The van der Waals surface area contributed by atoms with Gasteiger partial charge in [-0.25, -0.2) is 4.68 Å². The maximum atomic E-state index is 12.3. The predicted octanol–water partition coefficient (Wildman–Crippen LogP) is 2.35. The first-order valence-corrected chi connectivity index (χ1v) is 11.2. The second-order valence-corrected chi connectivity index (χ2v) is 8.60. The molecule has 1 saturated heterocycles. The first-order valence-electron chi connectivity index (χ1n) is 9.36. The summed E-state index contributed by atoms with van der Waals surface area (Å²) in [7, 11) is 0. The van der Waals surface area contributed by atoms with Crippen molar-refractivity contribution in [1.82, 2.24) is 25.1 Å². The molecule has 0 unspecified atom stereocenters. The molecule has 1 aliphatic heterocycles. The summed E-state index contributed by atoms with van der Waals surface area (Å²) < 4.78 is 7.09. The van der Waals surface area contributed by atoms with Crippen LogP contribution in [0.15, 0.2) is 46.9 Å². The number of nitrogens with one attached hydrogen (secondary N) is 1. The number of aromatic nitrogens is 4. The van der Waals surface area contributed by atoms with E-state index in [9.17, 15) is 4.79 Å². The number of thioether (sulfide) groups is 1. The number of carbonyl (C=O) groups excluding carboxylic acids is 1. The lowest BCUT2D eigenvalue weighted by molar-refractivity contribution is -0.113. The second kappa shape index (κ2) is 9.97. The number of tetrazole rings is 1. The fourth-order valence-corrected chi connectivity index (χ4v) is 4.35. The zero-order valence-electron chi connectivity index (χ0n) is 15.9. The van der Waals surface area contributed by atoms with Gasteiger partial charge in [-0.3, -0.25) is 9.69 Å². The van der Waals surface area contributed by atoms with E-state index in [1.165, 1.54) is 22.2 Å². The molecule has 152 valence electrons. The second-order valence-electron chi connectivity index (χ2n) is 6.62. The highest BCUT2D eigenvalue weighted by atomic mass is 32.2. The Morgan fingerprint density at radius 3 is 2.76 bits per heavy atom. The minimum atomic E-state index is -0.0818. The van der Waals surface area contributed by atoms with Crippen molar-refractivity contribution in [2.24, 2.45) is 0 Å². The van der Waals surface area contributed by atoms with Crippen LogP contribution in [0, 0.1) is 0 Å². The van der Waals surface area contributed by atoms with Gasteiger partial charge < -0.3 is 10.1 Å². The standard InChI is InChI=1S/C19H22N6O2S2/c26-18(14-29-19-21-22-23-25(19)13-17-2-1-11-28-17)20-16-5-3-15(4-6-16)12-24-7-9-27-10-8-24/h1-6,11H,7-10,12-14H2,(H,20,26). The molecule has 1 aromatic carbocycles. The van der Waals surface area contributed by atoms with Crippen LogP contribution in [0.25, 0.3) is 0 Å². The average Bonchev–Trinajstić information content (AvgIpc) is 3.41. The summed E-state index contributed by atoms with van der Waals surface area (Å²) in [6.07, 6.45) is 0. The monoisotopic (exact) mass is 430 g/mol. The van der Waals surface area contributed by atoms with E-state index < -0.39 is 0 Å². The molecule has 3 aromatic rings. The van der Waals surface area contributed by atoms with E-state index in [1.54, 1.807) is 16.0 Å². The number of rotatable bonds is 8. The summed E-state index contributed by atoms with van der Waals surface area (Å²) in [5, 5.41) is 17.3. The number of amides is 1. The molecule has 0 saturated carbocycles. The van der Waals surface area contributed by atoms with Gasteiger partial charge in [0.15, 0.2) is 0 Å². The van der Waals surface area contributed by atoms with Crippen molar-refractivity contribution in [1.29, 1.82) is 0 Å². The highest BCUT2D eigenvalue weighted by Crippen LogP contribution is 2.18. The van der Waals surface area contributed by atoms with Crippen molar-refractivity contribution in [2.45, 2.75) is 18.2 Å². The third-order valence-corrected chi connectivity index (χ3v) is 6.28. The molecule has 0 atom stereocenters. The highest BCUT2D eigenvalue weighted by molar-refractivity contribution is 7.99. The Labute approximate surface area is 177 Å². The fourth-order valence-electron chi connectivity index (χ4n) is 2.99. The zero-order chi connectivity index (χ0) is 19.9. The summed E-state index contributed by atoms with van der Waals surface area (Å²) in [4.78, 5) is 15.8. The molecule has 8 nitrogen and oxygen atoms in total. The van der Waals surface area contributed by atoms with E-state index in [-0.39, 0.29) is 11.7 Å². The van der Waals surface area contributed by atoms with Gasteiger partial charge >= 0.3 is 0 Å². The van der Waals surface area contributed by atoms with Crippen LogP contribution in [0.5, 0.6) is 0 Å². The molecular formula is C19H22N6O2S2. The third-order valence-electron chi connectivity index (χ3n) is 4.46. The number of hydrogen-bond donors (Lipinski definition) is 1. The lowest BCUT2D eigenvalue weighted by Crippen LogP contribution is -2.35. The Morgan fingerprint density at radius 2 is 2.00 bits per heavy atom. The van der Waals surface area contributed by atoms with Crippen LogP contribution >= 0.6 is 23.1 Å². The van der Waals surface area contributed by atoms with E-state index in [1.807, 2.05) is 29.6 Å². The Morgan fingerprint density at radius 1 is 1.17 bits per heavy atom. The largest absolute Gasteiger partial charge is 0.379 e. The average molecular weight is 431 g/mol. The minimum Gasteiger partial charge on any atom is -0.379 e. The van der Waals surface area contributed by atoms with Crippen LogP contribution < -0.4 is 5.32 Å². The number of benzene rings is 1. The van der Waals surface area contributed by atoms with Crippen molar-refractivity contribution < 1.29 is 9.53 Å². The van der Waals surface area contributed by atoms with Gasteiger partial charge in [0.2, 0.25) is 11.1 Å². The van der Waals surface area contributed by atoms with E-state index in [2.05, 4.69) is 37.9 Å². The first-order chi connectivity index (χ1) is 14.3. The van der Waals surface area contributed by atoms with Crippen molar-refractivity contribution in [2.75, 3.05) is 37.4 Å². The number of morpholine rings is 1. The number of thiophene rings is 1. The van der Waals surface area contributed by atoms with Crippen LogP contribution in [0.2, 0.25) is 0 Å². The van der Waals surface area contributed by atoms with Crippen LogP contribution in [0.4, 0.5) is 5.69 Å². The summed E-state index contributed by atoms with van der Waals surface area (Å²) in [6.45, 7) is 5.02. The fraction of sp³-hybridized carbons (Fsp3) is 0.368. The molecule has 1 N–H and O–H groups in total. The Bertz CT molecular complexity index is 907. The van der Waals surface area contributed by atoms with Gasteiger partial charge in [0.05, 0.1) is 25.5 Å². The molecule has 1 fully saturated rings. The van der Waals surface area contributed by atoms with E-state index in [0.29, 0.717) is 11.7 Å². The molecule has 0 spiro atoms. The SMILES string of the molecule is O=C(CSc1nnnn1Cc1cccs1)Nc1ccc(CN2CCOCC2)cc1. The highest BCUT2D eigenvalue weighted by Gasteiger charge is 2.12. The molecule has 4 rings (SSSR count). The number of carbonyl (C=O) groups is 1. The van der Waals surface area contributed by atoms with E-state index in [4.69, 9.17) is 4.74 Å². The molecule has 1 amide bonds. The van der Waals surface area contributed by atoms with Crippen LogP contribution in [-0.4, -0.2) is 63.1 Å². The van der Waals surface area contributed by atoms with E-state index in [0.717, 1.165) is 38.5 Å². The van der Waals surface area contributed by atoms with Gasteiger partial charge in [-0.15, -0.1) is 16.4 Å². The number of anilines is 1. The van der Waals surface area contributed by atoms with Crippen molar-refractivity contribution in [3.05, 3.63) is 52.2 Å². The number of hydrogen-bond acceptors (Lipinski definition) is 8. The summed E-state index contributed by atoms with van der Waals surface area (Å²) in [5.74, 6) is 0.168. The van der Waals surface area contributed by atoms with Gasteiger partial charge in [0.25, 0.3) is 0 Å². The van der Waals surface area contributed by atoms with Crippen molar-refractivity contribution in [3.63, 3.8) is 0 Å². The van der Waals surface area contributed by atoms with Gasteiger partial charge in [-0.05, 0) is 39.6 Å². The van der Waals surface area contributed by atoms with E-state index >= 15 is 0 Å². The topological polar surface area (TPSA) is 85.2 Å². The molecule has 0 radical (unpaired) electrons. The number of nitrogens with zero attached hydrogens (tertiary/aromatic N) is 5. The number of ether oxygens (including phenoxy) is 1. The van der Waals surface area contributed by atoms with Gasteiger partial charge in [-0.2, -0.15) is 0 Å². The molecule has 29 heavy (non-hydrogen) atoms. The summed E-state index contributed by atoms with van der Waals surface area (Å²) in [5.41, 5.74) is 2.02. The normalized spacial score (nSPS) is 14.8. The first kappa shape index (κ1) is 20.0. The summed E-state index contributed by atoms with van der Waals surface area (Å²) in [6, 6.07) is 12.0.